The van der Waals surface area contributed by atoms with Crippen molar-refractivity contribution in [3.8, 4) is 17.0 Å². The fourth-order valence-corrected chi connectivity index (χ4v) is 6.95. The highest BCUT2D eigenvalue weighted by molar-refractivity contribution is 7.84. The molecule has 0 saturated heterocycles. The summed E-state index contributed by atoms with van der Waals surface area (Å²) in [7, 11) is -0.346. The van der Waals surface area contributed by atoms with E-state index in [1.54, 1.807) is 35.7 Å². The molecule has 6 aromatic rings. The first-order chi connectivity index (χ1) is 22.8. The summed E-state index contributed by atoms with van der Waals surface area (Å²) in [6.45, 7) is -0.0694. The van der Waals surface area contributed by atoms with Crippen molar-refractivity contribution in [1.82, 2.24) is 14.5 Å². The van der Waals surface area contributed by atoms with Crippen LogP contribution in [0, 0.1) is 17.5 Å². The number of methoxy groups -OCH3 is 1. The molecular weight excluding hydrogens is 648 g/mol. The molecule has 0 radical (unpaired) electrons. The van der Waals surface area contributed by atoms with Gasteiger partial charge in [-0.15, -0.1) is 11.3 Å². The lowest BCUT2D eigenvalue weighted by Crippen LogP contribution is -2.23. The quantitative estimate of drug-likeness (QED) is 0.125. The molecule has 0 amide bonds. The van der Waals surface area contributed by atoms with E-state index < -0.39 is 34.1 Å². The third kappa shape index (κ3) is 7.35. The summed E-state index contributed by atoms with van der Waals surface area (Å²) < 4.78 is 69.5. The largest absolute Gasteiger partial charge is 0.494 e. The molecule has 0 N–H and O–H groups in total. The van der Waals surface area contributed by atoms with E-state index in [1.165, 1.54) is 42.8 Å². The number of aromatic nitrogens is 3. The Labute approximate surface area is 274 Å². The number of halogens is 3. The summed E-state index contributed by atoms with van der Waals surface area (Å²) in [5.74, 6) is -1.81. The third-order valence-corrected chi connectivity index (χ3v) is 9.53. The second kappa shape index (κ2) is 14.4. The molecular formula is C35H28F3N3O4S2. The van der Waals surface area contributed by atoms with Gasteiger partial charge in [-0.3, -0.25) is 9.00 Å². The zero-order valence-corrected chi connectivity index (χ0v) is 26.7. The number of fused-ring (bicyclic) bond motifs is 1. The Hall–Kier alpha value is -4.65. The van der Waals surface area contributed by atoms with Gasteiger partial charge in [-0.25, -0.2) is 23.1 Å². The van der Waals surface area contributed by atoms with Crippen LogP contribution < -0.4 is 10.3 Å². The molecule has 3 heterocycles. The van der Waals surface area contributed by atoms with Crippen molar-refractivity contribution >= 4 is 32.4 Å². The van der Waals surface area contributed by atoms with E-state index in [0.29, 0.717) is 33.5 Å². The van der Waals surface area contributed by atoms with Crippen LogP contribution in [0.3, 0.4) is 0 Å². The molecule has 12 heteroatoms. The lowest BCUT2D eigenvalue weighted by atomic mass is 10.1. The highest BCUT2D eigenvalue weighted by Gasteiger charge is 2.20. The average Bonchev–Trinajstić information content (AvgIpc) is 3.56. The minimum Gasteiger partial charge on any atom is -0.494 e. The summed E-state index contributed by atoms with van der Waals surface area (Å²) >= 11 is 1.31. The highest BCUT2D eigenvalue weighted by Crippen LogP contribution is 2.31. The molecule has 0 spiro atoms. The Kier molecular flexibility index (Phi) is 9.90. The van der Waals surface area contributed by atoms with Gasteiger partial charge >= 0.3 is 0 Å². The van der Waals surface area contributed by atoms with Gasteiger partial charge in [-0.05, 0) is 53.3 Å². The Morgan fingerprint density at radius 3 is 2.47 bits per heavy atom. The van der Waals surface area contributed by atoms with Crippen molar-refractivity contribution in [3.63, 3.8) is 0 Å². The number of pyridine rings is 1. The van der Waals surface area contributed by atoms with Crippen LogP contribution in [0.4, 0.5) is 13.2 Å². The van der Waals surface area contributed by atoms with Crippen molar-refractivity contribution in [2.75, 3.05) is 12.9 Å². The lowest BCUT2D eigenvalue weighted by molar-refractivity contribution is 0.0362. The zero-order valence-electron chi connectivity index (χ0n) is 25.1. The van der Waals surface area contributed by atoms with Crippen molar-refractivity contribution in [1.29, 1.82) is 0 Å². The predicted molar refractivity (Wildman–Crippen MR) is 175 cm³/mol. The third-order valence-electron chi connectivity index (χ3n) is 7.53. The standard InChI is InChI=1S/C35H28F3N3O4S2/c1-44-31-12-11-22(17-28(31)37)19-41-20-25(18-29(38)34(41)42)32-26-13-15-46-33(26)40-35(39-32)47(43)16-14-30(23-7-3-2-4-8-23)45-21-24-9-5-6-10-27(24)36/h2-13,15,17-18,20,30H,14,16,19,21H2,1H3. The molecule has 0 fully saturated rings. The molecule has 0 aliphatic carbocycles. The van der Waals surface area contributed by atoms with Gasteiger partial charge in [0.25, 0.3) is 5.56 Å². The van der Waals surface area contributed by atoms with Gasteiger partial charge in [0.2, 0.25) is 5.16 Å². The highest BCUT2D eigenvalue weighted by atomic mass is 32.2. The molecule has 6 rings (SSSR count). The summed E-state index contributed by atoms with van der Waals surface area (Å²) in [5, 5.41) is 2.45. The van der Waals surface area contributed by atoms with Crippen LogP contribution in [0.15, 0.2) is 106 Å². The molecule has 3 aromatic carbocycles. The summed E-state index contributed by atoms with van der Waals surface area (Å²) in [6, 6.07) is 22.9. The maximum absolute atomic E-state index is 15.0. The van der Waals surface area contributed by atoms with Gasteiger partial charge in [0.05, 0.1) is 42.9 Å². The molecule has 0 saturated carbocycles. The summed E-state index contributed by atoms with van der Waals surface area (Å²) in [4.78, 5) is 22.4. The second-order valence-electron chi connectivity index (χ2n) is 10.6. The van der Waals surface area contributed by atoms with E-state index in [0.717, 1.165) is 16.2 Å². The number of ether oxygens (including phenoxy) is 2. The van der Waals surface area contributed by atoms with Gasteiger partial charge in [-0.1, -0.05) is 54.6 Å². The molecule has 0 aliphatic heterocycles. The minimum atomic E-state index is -1.69. The summed E-state index contributed by atoms with van der Waals surface area (Å²) in [6.07, 6.45) is 1.29. The van der Waals surface area contributed by atoms with E-state index in [9.17, 15) is 17.8 Å². The maximum atomic E-state index is 15.0. The Morgan fingerprint density at radius 1 is 0.915 bits per heavy atom. The molecule has 0 bridgehead atoms. The molecule has 2 atom stereocenters. The molecule has 3 aromatic heterocycles. The minimum absolute atomic E-state index is 0.0328. The van der Waals surface area contributed by atoms with Crippen LogP contribution >= 0.6 is 11.3 Å². The van der Waals surface area contributed by atoms with Gasteiger partial charge in [0.1, 0.15) is 10.6 Å². The van der Waals surface area contributed by atoms with Crippen LogP contribution in [0.2, 0.25) is 0 Å². The average molecular weight is 676 g/mol. The van der Waals surface area contributed by atoms with Gasteiger partial charge in [0.15, 0.2) is 17.4 Å². The number of rotatable bonds is 12. The first-order valence-corrected chi connectivity index (χ1v) is 16.8. The Bertz CT molecular complexity index is 2120. The van der Waals surface area contributed by atoms with Gasteiger partial charge < -0.3 is 14.0 Å². The van der Waals surface area contributed by atoms with Crippen LogP contribution in [-0.4, -0.2) is 31.6 Å². The zero-order chi connectivity index (χ0) is 32.9. The van der Waals surface area contributed by atoms with Gasteiger partial charge in [0, 0.05) is 28.5 Å². The predicted octanol–water partition coefficient (Wildman–Crippen LogP) is 7.45. The maximum Gasteiger partial charge on any atom is 0.286 e. The monoisotopic (exact) mass is 675 g/mol. The van der Waals surface area contributed by atoms with Gasteiger partial charge in [-0.2, -0.15) is 0 Å². The van der Waals surface area contributed by atoms with E-state index in [2.05, 4.69) is 9.97 Å². The first kappa shape index (κ1) is 32.3. The number of hydrogen-bond donors (Lipinski definition) is 0. The Balaban J connectivity index is 1.27. The van der Waals surface area contributed by atoms with E-state index in [1.807, 2.05) is 30.3 Å². The van der Waals surface area contributed by atoms with Crippen molar-refractivity contribution < 1.29 is 26.9 Å². The van der Waals surface area contributed by atoms with E-state index >= 15 is 4.39 Å². The van der Waals surface area contributed by atoms with Crippen LogP contribution in [-0.2, 0) is 28.7 Å². The SMILES string of the molecule is COc1ccc(Cn2cc(-c3nc(S(=O)CCC(OCc4ccccc4F)c4ccccc4)nc4sccc34)cc(F)c2=O)cc1F. The van der Waals surface area contributed by atoms with E-state index in [4.69, 9.17) is 9.47 Å². The Morgan fingerprint density at radius 2 is 1.70 bits per heavy atom. The lowest BCUT2D eigenvalue weighted by Gasteiger charge is -2.18. The molecule has 240 valence electrons. The first-order valence-electron chi connectivity index (χ1n) is 14.6. The normalized spacial score (nSPS) is 12.7. The molecule has 7 nitrogen and oxygen atoms in total. The smallest absolute Gasteiger partial charge is 0.286 e. The van der Waals surface area contributed by atoms with Crippen LogP contribution in [0.1, 0.15) is 29.2 Å². The van der Waals surface area contributed by atoms with E-state index in [-0.39, 0.29) is 41.2 Å². The fourth-order valence-electron chi connectivity index (χ4n) is 5.13. The van der Waals surface area contributed by atoms with Crippen molar-refractivity contribution in [2.45, 2.75) is 30.8 Å². The number of hydrogen-bond acceptors (Lipinski definition) is 7. The van der Waals surface area contributed by atoms with Crippen LogP contribution in [0.25, 0.3) is 21.5 Å². The van der Waals surface area contributed by atoms with Crippen molar-refractivity contribution in [3.05, 3.63) is 141 Å². The number of nitrogens with zero attached hydrogens (tertiary/aromatic N) is 3. The molecule has 47 heavy (non-hydrogen) atoms. The van der Waals surface area contributed by atoms with Crippen molar-refractivity contribution in [2.24, 2.45) is 0 Å². The summed E-state index contributed by atoms with van der Waals surface area (Å²) in [5.41, 5.74) is 1.39. The fraction of sp³-hybridized carbons (Fsp3) is 0.171. The second-order valence-corrected chi connectivity index (χ2v) is 13.0. The molecule has 0 aliphatic rings. The topological polar surface area (TPSA) is 83.3 Å². The number of thiophene rings is 1. The number of benzene rings is 3. The molecule has 2 unspecified atom stereocenters. The van der Waals surface area contributed by atoms with Crippen LogP contribution in [0.5, 0.6) is 5.75 Å².